The van der Waals surface area contributed by atoms with E-state index in [4.69, 9.17) is 9.84 Å². The highest BCUT2D eigenvalue weighted by atomic mass is 16.5. The summed E-state index contributed by atoms with van der Waals surface area (Å²) in [6, 6.07) is -0.154. The Balaban J connectivity index is 1.93. The Hall–Kier alpha value is -1.10. The second-order valence-corrected chi connectivity index (χ2v) is 6.22. The average Bonchev–Trinajstić information content (AvgIpc) is 2.92. The number of rotatable bonds is 6. The predicted molar refractivity (Wildman–Crippen MR) is 79.0 cm³/mol. The summed E-state index contributed by atoms with van der Waals surface area (Å²) in [6.45, 7) is 2.63. The van der Waals surface area contributed by atoms with Crippen molar-refractivity contribution in [2.75, 3.05) is 6.54 Å². The van der Waals surface area contributed by atoms with Crippen molar-refractivity contribution in [2.45, 2.75) is 83.0 Å². The number of carbonyl (C=O) groups is 2. The maximum absolute atomic E-state index is 12.7. The van der Waals surface area contributed by atoms with Crippen molar-refractivity contribution in [2.24, 2.45) is 0 Å². The monoisotopic (exact) mass is 297 g/mol. The highest BCUT2D eigenvalue weighted by Gasteiger charge is 2.35. The summed E-state index contributed by atoms with van der Waals surface area (Å²) in [5.74, 6) is -0.840. The van der Waals surface area contributed by atoms with Crippen molar-refractivity contribution in [3.8, 4) is 0 Å². The molecule has 0 aromatic heterocycles. The van der Waals surface area contributed by atoms with Crippen LogP contribution in [0.15, 0.2) is 0 Å². The van der Waals surface area contributed by atoms with Gasteiger partial charge < -0.3 is 14.7 Å². The first-order valence-electron chi connectivity index (χ1n) is 8.29. The van der Waals surface area contributed by atoms with Crippen molar-refractivity contribution < 1.29 is 19.4 Å². The number of aliphatic carboxylic acids is 1. The van der Waals surface area contributed by atoms with Gasteiger partial charge in [-0.1, -0.05) is 26.2 Å². The normalized spacial score (nSPS) is 25.0. The third kappa shape index (κ3) is 4.43. The van der Waals surface area contributed by atoms with E-state index in [1.165, 1.54) is 19.3 Å². The van der Waals surface area contributed by atoms with Gasteiger partial charge in [0.05, 0.1) is 12.5 Å². The molecule has 2 aliphatic rings. The van der Waals surface area contributed by atoms with Gasteiger partial charge in [0.25, 0.3) is 5.91 Å². The van der Waals surface area contributed by atoms with Gasteiger partial charge in [0, 0.05) is 12.6 Å². The van der Waals surface area contributed by atoms with Crippen molar-refractivity contribution in [1.29, 1.82) is 0 Å². The summed E-state index contributed by atoms with van der Waals surface area (Å²) in [4.78, 5) is 25.3. The third-order valence-electron chi connectivity index (χ3n) is 4.63. The molecule has 1 aliphatic carbocycles. The van der Waals surface area contributed by atoms with Crippen LogP contribution in [0.3, 0.4) is 0 Å². The first-order valence-corrected chi connectivity index (χ1v) is 8.29. The molecule has 120 valence electrons. The van der Waals surface area contributed by atoms with E-state index in [0.717, 1.165) is 25.7 Å². The van der Waals surface area contributed by atoms with Crippen molar-refractivity contribution in [1.82, 2.24) is 4.90 Å². The van der Waals surface area contributed by atoms with E-state index in [0.29, 0.717) is 13.0 Å². The van der Waals surface area contributed by atoms with Gasteiger partial charge >= 0.3 is 5.97 Å². The van der Waals surface area contributed by atoms with E-state index in [1.54, 1.807) is 4.90 Å². The zero-order valence-corrected chi connectivity index (χ0v) is 12.9. The summed E-state index contributed by atoms with van der Waals surface area (Å²) in [6.07, 6.45) is 7.90. The van der Waals surface area contributed by atoms with E-state index in [2.05, 4.69) is 0 Å². The summed E-state index contributed by atoms with van der Waals surface area (Å²) in [5.41, 5.74) is 0. The molecule has 1 saturated carbocycles. The smallest absolute Gasteiger partial charge is 0.305 e. The minimum absolute atomic E-state index is 0.00757. The highest BCUT2D eigenvalue weighted by Crippen LogP contribution is 2.26. The van der Waals surface area contributed by atoms with Crippen LogP contribution in [0.1, 0.15) is 64.7 Å². The number of hydrogen-bond acceptors (Lipinski definition) is 3. The SMILES string of the molecule is CCC(OC1CCCCC1)C(=O)N1CCCC1CC(=O)O. The molecule has 1 aliphatic heterocycles. The van der Waals surface area contributed by atoms with Crippen LogP contribution in [-0.4, -0.2) is 46.7 Å². The zero-order valence-electron chi connectivity index (χ0n) is 12.9. The molecule has 2 rings (SSSR count). The molecule has 0 spiro atoms. The van der Waals surface area contributed by atoms with Gasteiger partial charge in [-0.25, -0.2) is 0 Å². The number of hydrogen-bond donors (Lipinski definition) is 1. The molecule has 2 unspecified atom stereocenters. The van der Waals surface area contributed by atoms with Gasteiger partial charge in [0.15, 0.2) is 0 Å². The van der Waals surface area contributed by atoms with Gasteiger partial charge in [0.1, 0.15) is 6.10 Å². The number of carboxylic acid groups (broad SMARTS) is 1. The molecule has 0 radical (unpaired) electrons. The lowest BCUT2D eigenvalue weighted by Crippen LogP contribution is -2.45. The number of carboxylic acids is 1. The van der Waals surface area contributed by atoms with Crippen LogP contribution in [-0.2, 0) is 14.3 Å². The third-order valence-corrected chi connectivity index (χ3v) is 4.63. The van der Waals surface area contributed by atoms with Crippen LogP contribution in [0, 0.1) is 0 Å². The largest absolute Gasteiger partial charge is 0.481 e. The van der Waals surface area contributed by atoms with E-state index in [-0.39, 0.29) is 24.5 Å². The lowest BCUT2D eigenvalue weighted by molar-refractivity contribution is -0.151. The van der Waals surface area contributed by atoms with Gasteiger partial charge in [-0.05, 0) is 32.1 Å². The summed E-state index contributed by atoms with van der Waals surface area (Å²) < 4.78 is 6.03. The number of ether oxygens (including phenoxy) is 1. The zero-order chi connectivity index (χ0) is 15.2. The van der Waals surface area contributed by atoms with Crippen LogP contribution < -0.4 is 0 Å². The molecule has 0 bridgehead atoms. The minimum atomic E-state index is -0.832. The Kier molecular flexibility index (Phi) is 6.03. The molecular formula is C16H27NO4. The van der Waals surface area contributed by atoms with Gasteiger partial charge in [-0.2, -0.15) is 0 Å². The van der Waals surface area contributed by atoms with Crippen LogP contribution in [0.2, 0.25) is 0 Å². The Bertz CT molecular complexity index is 365. The van der Waals surface area contributed by atoms with E-state index in [1.807, 2.05) is 6.92 Å². The highest BCUT2D eigenvalue weighted by molar-refractivity contribution is 5.82. The van der Waals surface area contributed by atoms with Crippen LogP contribution in [0.25, 0.3) is 0 Å². The van der Waals surface area contributed by atoms with Crippen molar-refractivity contribution >= 4 is 11.9 Å². The molecule has 1 heterocycles. The first kappa shape index (κ1) is 16.3. The summed E-state index contributed by atoms with van der Waals surface area (Å²) in [5, 5.41) is 8.96. The van der Waals surface area contributed by atoms with E-state index >= 15 is 0 Å². The fraction of sp³-hybridized carbons (Fsp3) is 0.875. The van der Waals surface area contributed by atoms with Crippen LogP contribution in [0.5, 0.6) is 0 Å². The quantitative estimate of drug-likeness (QED) is 0.818. The fourth-order valence-corrected chi connectivity index (χ4v) is 3.49. The lowest BCUT2D eigenvalue weighted by Gasteiger charge is -2.31. The first-order chi connectivity index (χ1) is 10.1. The summed E-state index contributed by atoms with van der Waals surface area (Å²) >= 11 is 0. The number of amides is 1. The Morgan fingerprint density at radius 1 is 1.19 bits per heavy atom. The maximum Gasteiger partial charge on any atom is 0.305 e. The van der Waals surface area contributed by atoms with Crippen molar-refractivity contribution in [3.63, 3.8) is 0 Å². The molecule has 1 N–H and O–H groups in total. The number of carbonyl (C=O) groups excluding carboxylic acids is 1. The van der Waals surface area contributed by atoms with E-state index in [9.17, 15) is 9.59 Å². The standard InChI is InChI=1S/C16H27NO4/c1-2-14(21-13-8-4-3-5-9-13)16(20)17-10-6-7-12(17)11-15(18)19/h12-14H,2-11H2,1H3,(H,18,19). The molecule has 5 nitrogen and oxygen atoms in total. The fourth-order valence-electron chi connectivity index (χ4n) is 3.49. The molecule has 0 aromatic rings. The summed E-state index contributed by atoms with van der Waals surface area (Å²) in [7, 11) is 0. The second kappa shape index (κ2) is 7.78. The Morgan fingerprint density at radius 2 is 1.90 bits per heavy atom. The van der Waals surface area contributed by atoms with Gasteiger partial charge in [0.2, 0.25) is 0 Å². The molecule has 0 aromatic carbocycles. The van der Waals surface area contributed by atoms with Crippen molar-refractivity contribution in [3.05, 3.63) is 0 Å². The predicted octanol–water partition coefficient (Wildman–Crippen LogP) is 2.58. The Labute approximate surface area is 126 Å². The topological polar surface area (TPSA) is 66.8 Å². The minimum Gasteiger partial charge on any atom is -0.481 e. The van der Waals surface area contributed by atoms with Crippen LogP contribution >= 0.6 is 0 Å². The number of likely N-dealkylation sites (tertiary alicyclic amines) is 1. The van der Waals surface area contributed by atoms with E-state index < -0.39 is 12.1 Å². The molecule has 2 atom stereocenters. The molecular weight excluding hydrogens is 270 g/mol. The molecule has 2 fully saturated rings. The molecule has 5 heteroatoms. The lowest BCUT2D eigenvalue weighted by atomic mass is 9.97. The molecule has 1 saturated heterocycles. The molecule has 1 amide bonds. The van der Waals surface area contributed by atoms with Gasteiger partial charge in [-0.15, -0.1) is 0 Å². The molecule has 21 heavy (non-hydrogen) atoms. The average molecular weight is 297 g/mol. The van der Waals surface area contributed by atoms with Crippen LogP contribution in [0.4, 0.5) is 0 Å². The maximum atomic E-state index is 12.7. The second-order valence-electron chi connectivity index (χ2n) is 6.22. The van der Waals surface area contributed by atoms with Gasteiger partial charge in [-0.3, -0.25) is 9.59 Å². The Morgan fingerprint density at radius 3 is 2.52 bits per heavy atom. The number of nitrogens with zero attached hydrogens (tertiary/aromatic N) is 1.